The van der Waals surface area contributed by atoms with Crippen molar-refractivity contribution in [1.29, 1.82) is 0 Å². The molecule has 1 atom stereocenters. The van der Waals surface area contributed by atoms with Crippen LogP contribution >= 0.6 is 0 Å². The average Bonchev–Trinajstić information content (AvgIpc) is 3.53. The van der Waals surface area contributed by atoms with Gasteiger partial charge in [0.05, 0.1) is 24.2 Å². The molecule has 3 N–H and O–H groups in total. The van der Waals surface area contributed by atoms with Crippen molar-refractivity contribution in [3.63, 3.8) is 0 Å². The summed E-state index contributed by atoms with van der Waals surface area (Å²) in [6.07, 6.45) is -0.650. The van der Waals surface area contributed by atoms with Crippen LogP contribution < -0.4 is 5.32 Å². The largest absolute Gasteiger partial charge is 0.449 e. The van der Waals surface area contributed by atoms with E-state index in [4.69, 9.17) is 9.47 Å². The summed E-state index contributed by atoms with van der Waals surface area (Å²) in [5.41, 5.74) is 2.49. The van der Waals surface area contributed by atoms with E-state index >= 15 is 0 Å². The van der Waals surface area contributed by atoms with Crippen LogP contribution in [0.5, 0.6) is 0 Å². The van der Waals surface area contributed by atoms with Gasteiger partial charge in [0.2, 0.25) is 5.95 Å². The molecule has 0 aliphatic carbocycles. The standard InChI is InChI=1S/C35H34N4O5/c1-34(2,22-43-21-25-13-7-4-8-14-25)23-44-33(41)38-32-36-29-18-17-26(19-30(29)37-32)35(42)28-16-10-9-15-27(28)31(40)39(35)20-24-11-5-3-6-12-24/h3-19,42H,20-23H2,1-2H3,(H2,36,37,38,41). The van der Waals surface area contributed by atoms with Gasteiger partial charge in [-0.05, 0) is 29.3 Å². The van der Waals surface area contributed by atoms with Crippen LogP contribution in [0, 0.1) is 5.41 Å². The summed E-state index contributed by atoms with van der Waals surface area (Å²) < 4.78 is 11.3. The van der Waals surface area contributed by atoms with Gasteiger partial charge in [0.15, 0.2) is 5.72 Å². The number of H-pyrrole nitrogens is 1. The van der Waals surface area contributed by atoms with Gasteiger partial charge < -0.3 is 19.6 Å². The molecule has 0 radical (unpaired) electrons. The second-order valence-electron chi connectivity index (χ2n) is 11.8. The zero-order chi connectivity index (χ0) is 30.7. The molecule has 1 unspecified atom stereocenters. The number of carbonyl (C=O) groups excluding carboxylic acids is 2. The molecule has 1 aliphatic heterocycles. The Morgan fingerprint density at radius 1 is 0.932 bits per heavy atom. The molecule has 1 aromatic heterocycles. The number of amides is 2. The summed E-state index contributed by atoms with van der Waals surface area (Å²) >= 11 is 0. The van der Waals surface area contributed by atoms with Crippen LogP contribution in [0.4, 0.5) is 10.7 Å². The monoisotopic (exact) mass is 590 g/mol. The molecule has 0 saturated heterocycles. The Morgan fingerprint density at radius 2 is 1.61 bits per heavy atom. The number of nitrogens with one attached hydrogen (secondary N) is 2. The lowest BCUT2D eigenvalue weighted by atomic mass is 9.93. The molecular formula is C35H34N4O5. The number of rotatable bonds is 10. The van der Waals surface area contributed by atoms with Gasteiger partial charge in [0.25, 0.3) is 5.91 Å². The molecule has 5 aromatic rings. The van der Waals surface area contributed by atoms with E-state index in [2.05, 4.69) is 15.3 Å². The molecule has 6 rings (SSSR count). The molecule has 0 fully saturated rings. The summed E-state index contributed by atoms with van der Waals surface area (Å²) in [6.45, 7) is 5.19. The van der Waals surface area contributed by atoms with Crippen LogP contribution in [0.25, 0.3) is 11.0 Å². The maximum absolute atomic E-state index is 13.5. The number of fused-ring (bicyclic) bond motifs is 2. The molecule has 4 aromatic carbocycles. The van der Waals surface area contributed by atoms with E-state index < -0.39 is 17.2 Å². The Morgan fingerprint density at radius 3 is 2.36 bits per heavy atom. The molecule has 9 nitrogen and oxygen atoms in total. The van der Waals surface area contributed by atoms with Crippen molar-refractivity contribution in [3.8, 4) is 0 Å². The van der Waals surface area contributed by atoms with Gasteiger partial charge in [-0.3, -0.25) is 15.0 Å². The number of carbonyl (C=O) groups is 2. The number of imidazole rings is 1. The topological polar surface area (TPSA) is 117 Å². The fourth-order valence-electron chi connectivity index (χ4n) is 5.42. The first kappa shape index (κ1) is 29.1. The highest BCUT2D eigenvalue weighted by Gasteiger charge is 2.49. The number of aromatic nitrogens is 2. The number of hydrogen-bond donors (Lipinski definition) is 3. The third-order valence-corrected chi connectivity index (χ3v) is 7.66. The molecule has 0 spiro atoms. The first-order chi connectivity index (χ1) is 21.2. The molecule has 1 aliphatic rings. The average molecular weight is 591 g/mol. The first-order valence-corrected chi connectivity index (χ1v) is 14.5. The number of ether oxygens (including phenoxy) is 2. The predicted octanol–water partition coefficient (Wildman–Crippen LogP) is 6.20. The van der Waals surface area contributed by atoms with Crippen LogP contribution in [-0.4, -0.2) is 45.2 Å². The van der Waals surface area contributed by atoms with E-state index in [1.807, 2.05) is 80.6 Å². The van der Waals surface area contributed by atoms with E-state index in [9.17, 15) is 14.7 Å². The second-order valence-corrected chi connectivity index (χ2v) is 11.8. The van der Waals surface area contributed by atoms with Crippen molar-refractivity contribution < 1.29 is 24.2 Å². The maximum Gasteiger partial charge on any atom is 0.413 e. The van der Waals surface area contributed by atoms with Crippen LogP contribution in [0.2, 0.25) is 0 Å². The van der Waals surface area contributed by atoms with E-state index in [0.29, 0.717) is 40.9 Å². The third kappa shape index (κ3) is 5.92. The number of benzene rings is 4. The SMILES string of the molecule is CC(C)(COCc1ccccc1)COC(=O)Nc1nc2ccc(C3(O)c4ccccc4C(=O)N3Cc3ccccc3)cc2[nH]1. The van der Waals surface area contributed by atoms with Gasteiger partial charge in [-0.1, -0.05) is 98.8 Å². The Balaban J connectivity index is 1.15. The zero-order valence-electron chi connectivity index (χ0n) is 24.6. The molecule has 44 heavy (non-hydrogen) atoms. The van der Waals surface area contributed by atoms with Crippen LogP contribution in [0.3, 0.4) is 0 Å². The molecule has 0 saturated carbocycles. The Kier molecular flexibility index (Phi) is 7.90. The number of nitrogens with zero attached hydrogens (tertiary/aromatic N) is 2. The summed E-state index contributed by atoms with van der Waals surface area (Å²) in [5.74, 6) is -0.0496. The van der Waals surface area contributed by atoms with E-state index in [1.165, 1.54) is 4.90 Å². The summed E-state index contributed by atoms with van der Waals surface area (Å²) in [4.78, 5) is 35.2. The minimum absolute atomic E-state index is 0.149. The number of hydrogen-bond acceptors (Lipinski definition) is 6. The van der Waals surface area contributed by atoms with Gasteiger partial charge in [-0.15, -0.1) is 0 Å². The smallest absolute Gasteiger partial charge is 0.413 e. The highest BCUT2D eigenvalue weighted by Crippen LogP contribution is 2.43. The summed E-state index contributed by atoms with van der Waals surface area (Å²) in [5, 5.41) is 14.9. The summed E-state index contributed by atoms with van der Waals surface area (Å²) in [6, 6.07) is 31.8. The minimum Gasteiger partial charge on any atom is -0.449 e. The van der Waals surface area contributed by atoms with Gasteiger partial charge in [-0.2, -0.15) is 0 Å². The normalized spacial score (nSPS) is 16.2. The fourth-order valence-corrected chi connectivity index (χ4v) is 5.42. The van der Waals surface area contributed by atoms with Crippen LogP contribution in [0.15, 0.2) is 103 Å². The lowest BCUT2D eigenvalue weighted by Gasteiger charge is -2.35. The molecule has 0 bridgehead atoms. The molecule has 9 heteroatoms. The van der Waals surface area contributed by atoms with Gasteiger partial charge >= 0.3 is 6.09 Å². The van der Waals surface area contributed by atoms with E-state index in [-0.39, 0.29) is 25.0 Å². The highest BCUT2D eigenvalue weighted by atomic mass is 16.6. The predicted molar refractivity (Wildman–Crippen MR) is 167 cm³/mol. The summed E-state index contributed by atoms with van der Waals surface area (Å²) in [7, 11) is 0. The van der Waals surface area contributed by atoms with Crippen LogP contribution in [-0.2, 0) is 28.4 Å². The Hall–Kier alpha value is -4.99. The fraction of sp³-hybridized carbons (Fsp3) is 0.229. The van der Waals surface area contributed by atoms with E-state index in [0.717, 1.165) is 11.1 Å². The highest BCUT2D eigenvalue weighted by molar-refractivity contribution is 6.00. The molecule has 2 heterocycles. The second kappa shape index (κ2) is 11.9. The molecule has 224 valence electrons. The lowest BCUT2D eigenvalue weighted by molar-refractivity contribution is -0.0542. The zero-order valence-corrected chi connectivity index (χ0v) is 24.6. The van der Waals surface area contributed by atoms with Gasteiger partial charge in [-0.25, -0.2) is 9.78 Å². The van der Waals surface area contributed by atoms with Crippen molar-refractivity contribution in [2.24, 2.45) is 5.41 Å². The van der Waals surface area contributed by atoms with Crippen LogP contribution in [0.1, 0.15) is 46.5 Å². The quantitative estimate of drug-likeness (QED) is 0.178. The van der Waals surface area contributed by atoms with Crippen molar-refractivity contribution >= 4 is 29.0 Å². The molecular weight excluding hydrogens is 556 g/mol. The van der Waals surface area contributed by atoms with Crippen molar-refractivity contribution in [2.45, 2.75) is 32.7 Å². The van der Waals surface area contributed by atoms with Crippen molar-refractivity contribution in [3.05, 3.63) is 131 Å². The van der Waals surface area contributed by atoms with Crippen molar-refractivity contribution in [2.75, 3.05) is 18.5 Å². The maximum atomic E-state index is 13.5. The third-order valence-electron chi connectivity index (χ3n) is 7.66. The van der Waals surface area contributed by atoms with Gasteiger partial charge in [0, 0.05) is 28.7 Å². The lowest BCUT2D eigenvalue weighted by Crippen LogP contribution is -2.44. The number of anilines is 1. The Bertz CT molecular complexity index is 1790. The Labute approximate surface area is 255 Å². The molecule has 2 amide bonds. The number of aliphatic hydroxyl groups is 1. The van der Waals surface area contributed by atoms with Gasteiger partial charge in [0.1, 0.15) is 6.61 Å². The van der Waals surface area contributed by atoms with Crippen molar-refractivity contribution in [1.82, 2.24) is 14.9 Å². The minimum atomic E-state index is -1.70. The van der Waals surface area contributed by atoms with E-state index in [1.54, 1.807) is 36.4 Å². The first-order valence-electron chi connectivity index (χ1n) is 14.5. The number of aromatic amines is 1.